The summed E-state index contributed by atoms with van der Waals surface area (Å²) in [5.74, 6) is 0.914. The average Bonchev–Trinajstić information content (AvgIpc) is 2.81. The van der Waals surface area contributed by atoms with Crippen LogP contribution in [0.4, 0.5) is 0 Å². The molecule has 0 bridgehead atoms. The summed E-state index contributed by atoms with van der Waals surface area (Å²) in [6.45, 7) is 1.93. The quantitative estimate of drug-likeness (QED) is 0.691. The highest BCUT2D eigenvalue weighted by atomic mass is 35.5. The van der Waals surface area contributed by atoms with Crippen molar-refractivity contribution in [1.29, 1.82) is 0 Å². The number of aromatic amines is 2. The molecule has 0 saturated heterocycles. The van der Waals surface area contributed by atoms with E-state index in [1.165, 1.54) is 0 Å². The Morgan fingerprint density at radius 3 is 2.71 bits per heavy atom. The van der Waals surface area contributed by atoms with Gasteiger partial charge in [0, 0.05) is 18.1 Å². The number of aromatic nitrogens is 4. The summed E-state index contributed by atoms with van der Waals surface area (Å²) >= 11 is 0. The molecule has 0 fully saturated rings. The third-order valence-corrected chi connectivity index (χ3v) is 2.60. The number of fused-ring (bicyclic) bond motifs is 1. The fourth-order valence-electron chi connectivity index (χ4n) is 1.82. The van der Waals surface area contributed by atoms with Crippen LogP contribution in [0.2, 0.25) is 0 Å². The summed E-state index contributed by atoms with van der Waals surface area (Å²) in [7, 11) is 0. The number of halogens is 1. The molecule has 88 valence electrons. The Morgan fingerprint density at radius 1 is 1.24 bits per heavy atom. The van der Waals surface area contributed by atoms with Crippen molar-refractivity contribution < 1.29 is 0 Å². The number of hydrogen-bond acceptors (Lipinski definition) is 2. The first-order valence-electron chi connectivity index (χ1n) is 4.96. The molecular formula is C11H11ClN4O. The number of hydrogen-bond donors (Lipinski definition) is 2. The van der Waals surface area contributed by atoms with Crippen molar-refractivity contribution in [1.82, 2.24) is 19.5 Å². The van der Waals surface area contributed by atoms with E-state index in [0.717, 1.165) is 22.5 Å². The van der Waals surface area contributed by atoms with Gasteiger partial charge >= 0.3 is 5.69 Å². The molecule has 0 radical (unpaired) electrons. The summed E-state index contributed by atoms with van der Waals surface area (Å²) in [6, 6.07) is 5.74. The Kier molecular flexibility index (Phi) is 2.77. The van der Waals surface area contributed by atoms with E-state index in [4.69, 9.17) is 0 Å². The Bertz CT molecular complexity index is 709. The van der Waals surface area contributed by atoms with Gasteiger partial charge in [0.15, 0.2) is 0 Å². The van der Waals surface area contributed by atoms with Crippen LogP contribution in [0.5, 0.6) is 0 Å². The molecule has 0 atom stereocenters. The molecule has 0 aliphatic heterocycles. The number of rotatable bonds is 1. The lowest BCUT2D eigenvalue weighted by Gasteiger charge is -2.04. The van der Waals surface area contributed by atoms with Gasteiger partial charge in [0.2, 0.25) is 0 Å². The lowest BCUT2D eigenvalue weighted by molar-refractivity contribution is 0.976. The number of benzene rings is 1. The van der Waals surface area contributed by atoms with E-state index in [-0.39, 0.29) is 18.1 Å². The van der Waals surface area contributed by atoms with Crippen LogP contribution in [0, 0.1) is 6.92 Å². The van der Waals surface area contributed by atoms with Crippen LogP contribution in [0.25, 0.3) is 16.7 Å². The number of imidazole rings is 2. The van der Waals surface area contributed by atoms with Crippen LogP contribution in [-0.4, -0.2) is 19.5 Å². The molecule has 2 heterocycles. The van der Waals surface area contributed by atoms with E-state index in [0.29, 0.717) is 0 Å². The second-order valence-electron chi connectivity index (χ2n) is 3.65. The van der Waals surface area contributed by atoms with Crippen molar-refractivity contribution in [3.05, 3.63) is 46.9 Å². The molecule has 2 aromatic heterocycles. The van der Waals surface area contributed by atoms with Crippen LogP contribution in [0.1, 0.15) is 5.82 Å². The van der Waals surface area contributed by atoms with Crippen LogP contribution in [0.15, 0.2) is 35.4 Å². The maximum absolute atomic E-state index is 11.1. The van der Waals surface area contributed by atoms with Gasteiger partial charge < -0.3 is 14.5 Å². The predicted molar refractivity (Wildman–Crippen MR) is 68.0 cm³/mol. The zero-order valence-corrected chi connectivity index (χ0v) is 9.91. The minimum atomic E-state index is -0.186. The Balaban J connectivity index is 0.00000108. The van der Waals surface area contributed by atoms with E-state index < -0.39 is 0 Å². The van der Waals surface area contributed by atoms with Gasteiger partial charge in [-0.2, -0.15) is 0 Å². The van der Waals surface area contributed by atoms with E-state index in [1.807, 2.05) is 35.9 Å². The standard InChI is InChI=1S/C11H10N4O.ClH/c1-7-12-4-5-15(7)8-2-3-9-10(6-8)14-11(16)13-9;/h2-6H,1H3,(H2,13,14,16);1H. The largest absolute Gasteiger partial charge is 0.323 e. The van der Waals surface area contributed by atoms with Crippen LogP contribution < -0.4 is 5.69 Å². The maximum Gasteiger partial charge on any atom is 0.323 e. The third-order valence-electron chi connectivity index (χ3n) is 2.60. The monoisotopic (exact) mass is 250 g/mol. The van der Waals surface area contributed by atoms with Crippen molar-refractivity contribution in [2.24, 2.45) is 0 Å². The molecule has 0 amide bonds. The van der Waals surface area contributed by atoms with Crippen molar-refractivity contribution >= 4 is 23.4 Å². The summed E-state index contributed by atoms with van der Waals surface area (Å²) in [5.41, 5.74) is 2.41. The fraction of sp³-hybridized carbons (Fsp3) is 0.0909. The van der Waals surface area contributed by atoms with Crippen LogP contribution >= 0.6 is 12.4 Å². The summed E-state index contributed by atoms with van der Waals surface area (Å²) in [6.07, 6.45) is 3.64. The molecule has 3 rings (SSSR count). The van der Waals surface area contributed by atoms with Crippen molar-refractivity contribution in [3.63, 3.8) is 0 Å². The van der Waals surface area contributed by atoms with E-state index >= 15 is 0 Å². The topological polar surface area (TPSA) is 66.5 Å². The van der Waals surface area contributed by atoms with Gasteiger partial charge in [-0.3, -0.25) is 0 Å². The van der Waals surface area contributed by atoms with E-state index in [1.54, 1.807) is 6.20 Å². The molecule has 0 aliphatic carbocycles. The molecule has 2 N–H and O–H groups in total. The lowest BCUT2D eigenvalue weighted by Crippen LogP contribution is -1.99. The Labute approximate surface area is 103 Å². The SMILES string of the molecule is Cc1nccn1-c1ccc2[nH]c(=O)[nH]c2c1.Cl. The second-order valence-corrected chi connectivity index (χ2v) is 3.65. The zero-order valence-electron chi connectivity index (χ0n) is 9.10. The average molecular weight is 251 g/mol. The van der Waals surface area contributed by atoms with Crippen LogP contribution in [0.3, 0.4) is 0 Å². The molecule has 0 saturated carbocycles. The van der Waals surface area contributed by atoms with Gasteiger partial charge in [0.05, 0.1) is 11.0 Å². The van der Waals surface area contributed by atoms with Gasteiger partial charge in [-0.25, -0.2) is 9.78 Å². The molecule has 17 heavy (non-hydrogen) atoms. The normalized spacial score (nSPS) is 10.4. The molecule has 5 nitrogen and oxygen atoms in total. The number of nitrogens with zero attached hydrogens (tertiary/aromatic N) is 2. The van der Waals surface area contributed by atoms with Gasteiger partial charge in [-0.05, 0) is 25.1 Å². The number of aryl methyl sites for hydroxylation is 1. The molecule has 3 aromatic rings. The molecule has 6 heteroatoms. The van der Waals surface area contributed by atoms with E-state index in [9.17, 15) is 4.79 Å². The van der Waals surface area contributed by atoms with Crippen molar-refractivity contribution in [2.75, 3.05) is 0 Å². The molecule has 0 spiro atoms. The molecule has 1 aromatic carbocycles. The minimum absolute atomic E-state index is 0. The smallest absolute Gasteiger partial charge is 0.306 e. The van der Waals surface area contributed by atoms with Gasteiger partial charge in [-0.15, -0.1) is 12.4 Å². The van der Waals surface area contributed by atoms with Crippen LogP contribution in [-0.2, 0) is 0 Å². The predicted octanol–water partition coefficient (Wildman–Crippen LogP) is 1.77. The highest BCUT2D eigenvalue weighted by Gasteiger charge is 2.03. The lowest BCUT2D eigenvalue weighted by atomic mass is 10.2. The molecular weight excluding hydrogens is 240 g/mol. The van der Waals surface area contributed by atoms with E-state index in [2.05, 4.69) is 15.0 Å². The Morgan fingerprint density at radius 2 is 2.00 bits per heavy atom. The first-order chi connectivity index (χ1) is 7.74. The molecule has 0 aliphatic rings. The minimum Gasteiger partial charge on any atom is -0.306 e. The van der Waals surface area contributed by atoms with Crippen molar-refractivity contribution in [2.45, 2.75) is 6.92 Å². The summed E-state index contributed by atoms with van der Waals surface area (Å²) < 4.78 is 1.96. The Hall–Kier alpha value is -2.01. The van der Waals surface area contributed by atoms with Gasteiger partial charge in [0.25, 0.3) is 0 Å². The highest BCUT2D eigenvalue weighted by Crippen LogP contribution is 2.15. The van der Waals surface area contributed by atoms with Gasteiger partial charge in [0.1, 0.15) is 5.82 Å². The number of H-pyrrole nitrogens is 2. The second kappa shape index (κ2) is 4.10. The fourth-order valence-corrected chi connectivity index (χ4v) is 1.82. The first kappa shape index (κ1) is 11.5. The van der Waals surface area contributed by atoms with Gasteiger partial charge in [-0.1, -0.05) is 0 Å². The molecule has 0 unspecified atom stereocenters. The maximum atomic E-state index is 11.1. The third kappa shape index (κ3) is 1.85. The first-order valence-corrected chi connectivity index (χ1v) is 4.96. The highest BCUT2D eigenvalue weighted by molar-refractivity contribution is 5.85. The summed E-state index contributed by atoms with van der Waals surface area (Å²) in [5, 5.41) is 0. The summed E-state index contributed by atoms with van der Waals surface area (Å²) in [4.78, 5) is 20.7. The zero-order chi connectivity index (χ0) is 11.1. The van der Waals surface area contributed by atoms with Crippen molar-refractivity contribution in [3.8, 4) is 5.69 Å². The number of nitrogens with one attached hydrogen (secondary N) is 2.